The van der Waals surface area contributed by atoms with Gasteiger partial charge in [0.15, 0.2) is 0 Å². The van der Waals surface area contributed by atoms with Gasteiger partial charge in [-0.15, -0.1) is 11.8 Å². The van der Waals surface area contributed by atoms with Crippen molar-refractivity contribution in [3.8, 4) is 0 Å². The third-order valence-electron chi connectivity index (χ3n) is 3.16. The van der Waals surface area contributed by atoms with Crippen molar-refractivity contribution in [1.29, 1.82) is 0 Å². The first-order valence-corrected chi connectivity index (χ1v) is 7.57. The minimum absolute atomic E-state index is 0.0779. The van der Waals surface area contributed by atoms with E-state index in [4.69, 9.17) is 0 Å². The van der Waals surface area contributed by atoms with Crippen LogP contribution in [0.15, 0.2) is 47.4 Å². The second-order valence-corrected chi connectivity index (χ2v) is 5.73. The van der Waals surface area contributed by atoms with Gasteiger partial charge in [0.1, 0.15) is 17.5 Å². The third-order valence-corrected chi connectivity index (χ3v) is 4.37. The highest BCUT2D eigenvalue weighted by atomic mass is 32.2. The SMILES string of the molecule is CNC(CSc1ccccc1F)Cc1cc(F)ccc1F. The van der Waals surface area contributed by atoms with Crippen molar-refractivity contribution in [1.82, 2.24) is 5.32 Å². The maximum absolute atomic E-state index is 13.6. The Balaban J connectivity index is 2.00. The van der Waals surface area contributed by atoms with E-state index < -0.39 is 11.6 Å². The van der Waals surface area contributed by atoms with E-state index in [0.717, 1.165) is 12.1 Å². The van der Waals surface area contributed by atoms with Gasteiger partial charge >= 0.3 is 0 Å². The molecular formula is C16H16F3NS. The largest absolute Gasteiger partial charge is 0.316 e. The molecule has 1 atom stereocenters. The van der Waals surface area contributed by atoms with E-state index in [1.54, 1.807) is 25.2 Å². The number of hydrogen-bond acceptors (Lipinski definition) is 2. The minimum atomic E-state index is -0.456. The van der Waals surface area contributed by atoms with Crippen LogP contribution in [0.4, 0.5) is 13.2 Å². The average molecular weight is 311 g/mol. The smallest absolute Gasteiger partial charge is 0.136 e. The molecule has 21 heavy (non-hydrogen) atoms. The Labute approximate surface area is 126 Å². The van der Waals surface area contributed by atoms with Crippen LogP contribution in [0.3, 0.4) is 0 Å². The van der Waals surface area contributed by atoms with Gasteiger partial charge in [-0.25, -0.2) is 13.2 Å². The lowest BCUT2D eigenvalue weighted by atomic mass is 10.1. The molecule has 0 aliphatic carbocycles. The van der Waals surface area contributed by atoms with Crippen LogP contribution >= 0.6 is 11.8 Å². The number of nitrogens with one attached hydrogen (secondary N) is 1. The van der Waals surface area contributed by atoms with E-state index in [-0.39, 0.29) is 11.9 Å². The lowest BCUT2D eigenvalue weighted by Crippen LogP contribution is -2.30. The lowest BCUT2D eigenvalue weighted by molar-refractivity contribution is 0.554. The monoisotopic (exact) mass is 311 g/mol. The quantitative estimate of drug-likeness (QED) is 0.809. The predicted molar refractivity (Wildman–Crippen MR) is 80.0 cm³/mol. The van der Waals surface area contributed by atoms with E-state index in [1.807, 2.05) is 0 Å². The first-order chi connectivity index (χ1) is 10.1. The van der Waals surface area contributed by atoms with Crippen LogP contribution < -0.4 is 5.32 Å². The van der Waals surface area contributed by atoms with Gasteiger partial charge in [0.25, 0.3) is 0 Å². The van der Waals surface area contributed by atoms with Crippen LogP contribution in [0.5, 0.6) is 0 Å². The molecular weight excluding hydrogens is 295 g/mol. The Morgan fingerprint density at radius 1 is 1.05 bits per heavy atom. The normalized spacial score (nSPS) is 12.4. The number of likely N-dealkylation sites (N-methyl/N-ethyl adjacent to an activating group) is 1. The van der Waals surface area contributed by atoms with Crippen molar-refractivity contribution in [2.24, 2.45) is 0 Å². The van der Waals surface area contributed by atoms with Crippen LogP contribution in [-0.4, -0.2) is 18.8 Å². The van der Waals surface area contributed by atoms with E-state index in [9.17, 15) is 13.2 Å². The predicted octanol–water partition coefficient (Wildman–Crippen LogP) is 4.03. The van der Waals surface area contributed by atoms with E-state index in [2.05, 4.69) is 5.32 Å². The summed E-state index contributed by atoms with van der Waals surface area (Å²) in [6.07, 6.45) is 0.349. The summed E-state index contributed by atoms with van der Waals surface area (Å²) in [5.41, 5.74) is 0.323. The van der Waals surface area contributed by atoms with Crippen LogP contribution in [0.1, 0.15) is 5.56 Å². The van der Waals surface area contributed by atoms with Crippen molar-refractivity contribution in [2.75, 3.05) is 12.8 Å². The Bertz CT molecular complexity index is 604. The van der Waals surface area contributed by atoms with Crippen molar-refractivity contribution in [3.05, 3.63) is 65.5 Å². The molecule has 0 aliphatic rings. The molecule has 2 rings (SSSR count). The molecule has 0 spiro atoms. The maximum Gasteiger partial charge on any atom is 0.136 e. The lowest BCUT2D eigenvalue weighted by Gasteiger charge is -2.16. The van der Waals surface area contributed by atoms with Gasteiger partial charge < -0.3 is 5.32 Å². The number of hydrogen-bond donors (Lipinski definition) is 1. The van der Waals surface area contributed by atoms with Crippen LogP contribution in [-0.2, 0) is 6.42 Å². The number of benzene rings is 2. The molecule has 0 aromatic heterocycles. The fraction of sp³-hybridized carbons (Fsp3) is 0.250. The highest BCUT2D eigenvalue weighted by Gasteiger charge is 2.13. The molecule has 2 aromatic rings. The number of rotatable bonds is 6. The molecule has 1 N–H and O–H groups in total. The topological polar surface area (TPSA) is 12.0 Å². The van der Waals surface area contributed by atoms with Gasteiger partial charge in [0.05, 0.1) is 0 Å². The zero-order valence-corrected chi connectivity index (χ0v) is 12.4. The maximum atomic E-state index is 13.6. The molecule has 0 aliphatic heterocycles. The fourth-order valence-corrected chi connectivity index (χ4v) is 3.01. The van der Waals surface area contributed by atoms with E-state index >= 15 is 0 Å². The van der Waals surface area contributed by atoms with Crippen molar-refractivity contribution in [3.63, 3.8) is 0 Å². The molecule has 1 nitrogen and oxygen atoms in total. The molecule has 0 radical (unpaired) electrons. The molecule has 0 bridgehead atoms. The van der Waals surface area contributed by atoms with Gasteiger partial charge in [-0.2, -0.15) is 0 Å². The molecule has 0 amide bonds. The summed E-state index contributed by atoms with van der Waals surface area (Å²) in [5.74, 6) is -0.585. The van der Waals surface area contributed by atoms with Crippen molar-refractivity contribution >= 4 is 11.8 Å². The molecule has 0 saturated carbocycles. The number of thioether (sulfide) groups is 1. The van der Waals surface area contributed by atoms with Gasteiger partial charge in [-0.1, -0.05) is 12.1 Å². The summed E-state index contributed by atoms with van der Waals surface area (Å²) in [4.78, 5) is 0.553. The molecule has 5 heteroatoms. The second-order valence-electron chi connectivity index (χ2n) is 4.67. The van der Waals surface area contributed by atoms with Crippen molar-refractivity contribution in [2.45, 2.75) is 17.4 Å². The highest BCUT2D eigenvalue weighted by Crippen LogP contribution is 2.23. The molecule has 0 fully saturated rings. The molecule has 0 saturated heterocycles. The zero-order chi connectivity index (χ0) is 15.2. The fourth-order valence-electron chi connectivity index (χ4n) is 1.96. The summed E-state index contributed by atoms with van der Waals surface area (Å²) in [5, 5.41) is 3.05. The minimum Gasteiger partial charge on any atom is -0.316 e. The Kier molecular flexibility index (Phi) is 5.70. The first kappa shape index (κ1) is 15.9. The molecule has 1 unspecified atom stereocenters. The van der Waals surface area contributed by atoms with Crippen LogP contribution in [0.25, 0.3) is 0 Å². The van der Waals surface area contributed by atoms with E-state index in [1.165, 1.54) is 23.9 Å². The molecule has 0 heterocycles. The standard InChI is InChI=1S/C16H16F3NS/c1-20-13(9-11-8-12(17)6-7-14(11)18)10-21-16-5-3-2-4-15(16)19/h2-8,13,20H,9-10H2,1H3. The van der Waals surface area contributed by atoms with Crippen molar-refractivity contribution < 1.29 is 13.2 Å². The zero-order valence-electron chi connectivity index (χ0n) is 11.6. The summed E-state index contributed by atoms with van der Waals surface area (Å²) in [7, 11) is 1.75. The van der Waals surface area contributed by atoms with Gasteiger partial charge in [-0.05, 0) is 49.4 Å². The van der Waals surface area contributed by atoms with E-state index in [0.29, 0.717) is 22.6 Å². The summed E-state index contributed by atoms with van der Waals surface area (Å²) in [6.45, 7) is 0. The van der Waals surface area contributed by atoms with Gasteiger partial charge in [0.2, 0.25) is 0 Å². The van der Waals surface area contributed by atoms with Crippen LogP contribution in [0, 0.1) is 17.5 Å². The van der Waals surface area contributed by atoms with Crippen LogP contribution in [0.2, 0.25) is 0 Å². The molecule has 2 aromatic carbocycles. The Hall–Kier alpha value is -1.46. The second kappa shape index (κ2) is 7.52. The highest BCUT2D eigenvalue weighted by molar-refractivity contribution is 7.99. The average Bonchev–Trinajstić information content (AvgIpc) is 2.48. The summed E-state index contributed by atoms with van der Waals surface area (Å²) >= 11 is 1.36. The Morgan fingerprint density at radius 3 is 2.52 bits per heavy atom. The number of halogens is 3. The van der Waals surface area contributed by atoms with Gasteiger partial charge in [0, 0.05) is 16.7 Å². The summed E-state index contributed by atoms with van der Waals surface area (Å²) in [6, 6.07) is 9.86. The Morgan fingerprint density at radius 2 is 1.81 bits per heavy atom. The van der Waals surface area contributed by atoms with Gasteiger partial charge in [-0.3, -0.25) is 0 Å². The first-order valence-electron chi connectivity index (χ1n) is 6.58. The molecule has 112 valence electrons. The summed E-state index contributed by atoms with van der Waals surface area (Å²) < 4.78 is 40.3. The third kappa shape index (κ3) is 4.51.